The predicted octanol–water partition coefficient (Wildman–Crippen LogP) is 3.93. The van der Waals surface area contributed by atoms with Crippen molar-refractivity contribution in [2.45, 2.75) is 18.4 Å². The van der Waals surface area contributed by atoms with Gasteiger partial charge < -0.3 is 9.47 Å². The Labute approximate surface area is 144 Å². The van der Waals surface area contributed by atoms with Crippen molar-refractivity contribution < 1.29 is 19.1 Å². The number of ether oxygens (including phenoxy) is 2. The van der Waals surface area contributed by atoms with Gasteiger partial charge >= 0.3 is 11.9 Å². The van der Waals surface area contributed by atoms with Gasteiger partial charge in [0.2, 0.25) is 0 Å². The number of hydrogen-bond donors (Lipinski definition) is 0. The van der Waals surface area contributed by atoms with Crippen molar-refractivity contribution >= 4 is 47.1 Å². The molecule has 0 aliphatic carbocycles. The van der Waals surface area contributed by atoms with Gasteiger partial charge in [0.25, 0.3) is 0 Å². The van der Waals surface area contributed by atoms with Crippen molar-refractivity contribution in [1.29, 1.82) is 0 Å². The summed E-state index contributed by atoms with van der Waals surface area (Å²) in [6.45, 7) is 4.27. The maximum Gasteiger partial charge on any atom is 0.315 e. The highest BCUT2D eigenvalue weighted by Crippen LogP contribution is 2.39. The first-order valence-corrected chi connectivity index (χ1v) is 9.34. The molecule has 0 saturated carbocycles. The van der Waals surface area contributed by atoms with Gasteiger partial charge in [-0.3, -0.25) is 9.59 Å². The average Bonchev–Trinajstić information content (AvgIpc) is 2.49. The van der Waals surface area contributed by atoms with Crippen LogP contribution in [0.4, 0.5) is 0 Å². The van der Waals surface area contributed by atoms with Crippen LogP contribution in [0.3, 0.4) is 0 Å². The zero-order valence-electron chi connectivity index (χ0n) is 12.5. The quantitative estimate of drug-likeness (QED) is 0.490. The summed E-state index contributed by atoms with van der Waals surface area (Å²) < 4.78 is 9.80. The fourth-order valence-corrected chi connectivity index (χ4v) is 3.91. The highest BCUT2D eigenvalue weighted by atomic mass is 35.5. The summed E-state index contributed by atoms with van der Waals surface area (Å²) in [5.41, 5.74) is 0.994. The smallest absolute Gasteiger partial charge is 0.315 e. The lowest BCUT2D eigenvalue weighted by molar-refractivity contribution is -0.140. The van der Waals surface area contributed by atoms with Gasteiger partial charge in [0.1, 0.15) is 0 Å². The molecule has 0 aliphatic heterocycles. The Bertz CT molecular complexity index is 457. The molecular weight excluding hydrogens is 344 g/mol. The number of hydrogen-bond acceptors (Lipinski definition) is 6. The minimum atomic E-state index is -0.261. The summed E-state index contributed by atoms with van der Waals surface area (Å²) in [5.74, 6) is -0.0557. The molecule has 1 aromatic rings. The molecule has 0 fully saturated rings. The van der Waals surface area contributed by atoms with E-state index in [4.69, 9.17) is 21.1 Å². The first-order valence-electron chi connectivity index (χ1n) is 6.86. The van der Waals surface area contributed by atoms with Crippen molar-refractivity contribution in [3.63, 3.8) is 0 Å². The van der Waals surface area contributed by atoms with Gasteiger partial charge in [-0.25, -0.2) is 0 Å². The first kappa shape index (κ1) is 19.2. The molecule has 1 rings (SSSR count). The lowest BCUT2D eigenvalue weighted by Crippen LogP contribution is -2.10. The summed E-state index contributed by atoms with van der Waals surface area (Å²) >= 11 is 8.74. The molecule has 0 aliphatic rings. The second kappa shape index (κ2) is 10.8. The molecule has 0 saturated heterocycles. The van der Waals surface area contributed by atoms with Crippen LogP contribution in [0.5, 0.6) is 0 Å². The molecule has 22 heavy (non-hydrogen) atoms. The Morgan fingerprint density at radius 2 is 1.45 bits per heavy atom. The fraction of sp³-hybridized carbons (Fsp3) is 0.467. The molecule has 0 amide bonds. The van der Waals surface area contributed by atoms with Crippen LogP contribution in [-0.2, 0) is 19.1 Å². The first-order chi connectivity index (χ1) is 10.6. The summed E-state index contributed by atoms with van der Waals surface area (Å²) in [7, 11) is 0. The molecule has 0 radical (unpaired) electrons. The second-order valence-electron chi connectivity index (χ2n) is 4.12. The highest BCUT2D eigenvalue weighted by Gasteiger charge is 2.17. The molecule has 0 unspecified atom stereocenters. The summed E-state index contributed by atoms with van der Waals surface area (Å²) in [6, 6.07) is 7.37. The van der Waals surface area contributed by atoms with E-state index in [1.54, 1.807) is 26.0 Å². The van der Waals surface area contributed by atoms with Gasteiger partial charge in [0, 0.05) is 5.02 Å². The van der Waals surface area contributed by atoms with Crippen LogP contribution in [0.2, 0.25) is 5.02 Å². The van der Waals surface area contributed by atoms with E-state index in [0.29, 0.717) is 18.2 Å². The van der Waals surface area contributed by atoms with Crippen molar-refractivity contribution in [3.8, 4) is 0 Å². The van der Waals surface area contributed by atoms with Gasteiger partial charge in [0.15, 0.2) is 0 Å². The standard InChI is InChI=1S/C15H19ClO4S2/c1-3-19-13(17)9-21-15(22-10-14(18)20-4-2)11-5-7-12(16)8-6-11/h5-8,15H,3-4,9-10H2,1-2H3. The van der Waals surface area contributed by atoms with Crippen LogP contribution in [0, 0.1) is 0 Å². The van der Waals surface area contributed by atoms with Crippen molar-refractivity contribution in [3.05, 3.63) is 34.9 Å². The van der Waals surface area contributed by atoms with E-state index >= 15 is 0 Å². The monoisotopic (exact) mass is 362 g/mol. The van der Waals surface area contributed by atoms with Gasteiger partial charge in [-0.1, -0.05) is 23.7 Å². The highest BCUT2D eigenvalue weighted by molar-refractivity contribution is 8.16. The molecule has 122 valence electrons. The van der Waals surface area contributed by atoms with Crippen LogP contribution in [0.15, 0.2) is 24.3 Å². The average molecular weight is 363 g/mol. The second-order valence-corrected chi connectivity index (χ2v) is 7.04. The fourth-order valence-electron chi connectivity index (χ4n) is 1.55. The molecule has 0 N–H and O–H groups in total. The summed E-state index contributed by atoms with van der Waals surface area (Å²) in [4.78, 5) is 23.0. The third-order valence-electron chi connectivity index (χ3n) is 2.46. The molecule has 0 atom stereocenters. The summed E-state index contributed by atoms with van der Waals surface area (Å²) in [6.07, 6.45) is 0. The third kappa shape index (κ3) is 7.42. The van der Waals surface area contributed by atoms with Gasteiger partial charge in [-0.05, 0) is 31.5 Å². The van der Waals surface area contributed by atoms with Crippen LogP contribution >= 0.6 is 35.1 Å². The molecule has 0 heterocycles. The van der Waals surface area contributed by atoms with E-state index in [9.17, 15) is 9.59 Å². The van der Waals surface area contributed by atoms with Crippen molar-refractivity contribution in [1.82, 2.24) is 0 Å². The zero-order chi connectivity index (χ0) is 16.4. The zero-order valence-corrected chi connectivity index (χ0v) is 14.9. The number of rotatable bonds is 9. The number of halogens is 1. The van der Waals surface area contributed by atoms with Gasteiger partial charge in [-0.15, -0.1) is 23.5 Å². The lowest BCUT2D eigenvalue weighted by Gasteiger charge is -2.16. The van der Waals surface area contributed by atoms with Crippen LogP contribution in [0.1, 0.15) is 24.0 Å². The molecule has 0 aromatic heterocycles. The molecule has 0 bridgehead atoms. The maximum atomic E-state index is 11.5. The molecule has 0 spiro atoms. The van der Waals surface area contributed by atoms with Crippen molar-refractivity contribution in [2.75, 3.05) is 24.7 Å². The SMILES string of the molecule is CCOC(=O)CSC(SCC(=O)OCC)c1ccc(Cl)cc1. The molecular formula is C15H19ClO4S2. The number of esters is 2. The minimum Gasteiger partial charge on any atom is -0.465 e. The van der Waals surface area contributed by atoms with E-state index in [-0.39, 0.29) is 28.0 Å². The van der Waals surface area contributed by atoms with E-state index in [2.05, 4.69) is 0 Å². The largest absolute Gasteiger partial charge is 0.465 e. The van der Waals surface area contributed by atoms with Crippen molar-refractivity contribution in [2.24, 2.45) is 0 Å². The Kier molecular flexibility index (Phi) is 9.43. The van der Waals surface area contributed by atoms with Crippen LogP contribution in [-0.4, -0.2) is 36.7 Å². The van der Waals surface area contributed by atoms with E-state index in [1.807, 2.05) is 12.1 Å². The Morgan fingerprint density at radius 1 is 1.00 bits per heavy atom. The van der Waals surface area contributed by atoms with Gasteiger partial charge in [0.05, 0.1) is 29.3 Å². The van der Waals surface area contributed by atoms with E-state index in [1.165, 1.54) is 23.5 Å². The Balaban J connectivity index is 2.65. The number of carbonyl (C=O) groups is 2. The molecule has 4 nitrogen and oxygen atoms in total. The summed E-state index contributed by atoms with van der Waals surface area (Å²) in [5, 5.41) is 0.647. The minimum absolute atomic E-state index is 0.0638. The van der Waals surface area contributed by atoms with Crippen LogP contribution in [0.25, 0.3) is 0 Å². The predicted molar refractivity (Wildman–Crippen MR) is 92.4 cm³/mol. The number of carbonyl (C=O) groups excluding carboxylic acids is 2. The normalized spacial score (nSPS) is 10.5. The topological polar surface area (TPSA) is 52.6 Å². The number of thioether (sulfide) groups is 2. The van der Waals surface area contributed by atoms with E-state index in [0.717, 1.165) is 5.56 Å². The third-order valence-corrected chi connectivity index (χ3v) is 5.48. The van der Waals surface area contributed by atoms with E-state index < -0.39 is 0 Å². The van der Waals surface area contributed by atoms with Gasteiger partial charge in [-0.2, -0.15) is 0 Å². The Morgan fingerprint density at radius 3 is 1.86 bits per heavy atom. The van der Waals surface area contributed by atoms with Crippen LogP contribution < -0.4 is 0 Å². The molecule has 1 aromatic carbocycles. The lowest BCUT2D eigenvalue weighted by atomic mass is 10.2. The Hall–Kier alpha value is -0.850. The maximum absolute atomic E-state index is 11.5. The number of benzene rings is 1. The molecule has 7 heteroatoms.